The summed E-state index contributed by atoms with van der Waals surface area (Å²) in [6, 6.07) is 13.1. The highest BCUT2D eigenvalue weighted by Crippen LogP contribution is 2.18. The van der Waals surface area contributed by atoms with Crippen LogP contribution in [0.15, 0.2) is 59.1 Å². The summed E-state index contributed by atoms with van der Waals surface area (Å²) >= 11 is 3.34. The van der Waals surface area contributed by atoms with Gasteiger partial charge < -0.3 is 10.6 Å². The van der Waals surface area contributed by atoms with Gasteiger partial charge in [0, 0.05) is 22.8 Å². The average molecular weight is 427 g/mol. The Hall–Kier alpha value is -2.61. The first-order valence-electron chi connectivity index (χ1n) is 7.42. The zero-order chi connectivity index (χ0) is 19.2. The molecule has 0 aromatic heterocycles. The number of rotatable bonds is 5. The third-order valence-electron chi connectivity index (χ3n) is 3.21. The number of halogens is 4. The van der Waals surface area contributed by atoms with Crippen LogP contribution < -0.4 is 10.6 Å². The van der Waals surface area contributed by atoms with Gasteiger partial charge in [-0.2, -0.15) is 13.2 Å². The van der Waals surface area contributed by atoms with Crippen molar-refractivity contribution in [3.8, 4) is 0 Å². The first-order chi connectivity index (χ1) is 12.2. The van der Waals surface area contributed by atoms with Crippen LogP contribution in [-0.4, -0.2) is 18.0 Å². The maximum atomic E-state index is 12.2. The van der Waals surface area contributed by atoms with Gasteiger partial charge in [-0.15, -0.1) is 0 Å². The smallest absolute Gasteiger partial charge is 0.348 e. The lowest BCUT2D eigenvalue weighted by Gasteiger charge is -2.08. The highest BCUT2D eigenvalue weighted by atomic mass is 79.9. The normalized spacial score (nSPS) is 11.4. The number of amides is 2. The number of carbonyl (C=O) groups excluding carboxylic acids is 2. The third kappa shape index (κ3) is 6.36. The SMILES string of the molecule is O=C(/C=C/c1cccc(Br)c1)NCc1ccc(NC(=O)C(F)(F)F)cc1. The van der Waals surface area contributed by atoms with Crippen molar-refractivity contribution in [2.45, 2.75) is 12.7 Å². The van der Waals surface area contributed by atoms with Crippen molar-refractivity contribution in [3.63, 3.8) is 0 Å². The van der Waals surface area contributed by atoms with Gasteiger partial charge in [0.15, 0.2) is 0 Å². The molecule has 26 heavy (non-hydrogen) atoms. The lowest BCUT2D eigenvalue weighted by atomic mass is 10.2. The maximum absolute atomic E-state index is 12.2. The predicted octanol–water partition coefficient (Wildman–Crippen LogP) is 4.28. The summed E-state index contributed by atoms with van der Waals surface area (Å²) < 4.78 is 37.4. The molecule has 0 saturated heterocycles. The van der Waals surface area contributed by atoms with Crippen molar-refractivity contribution in [3.05, 3.63) is 70.2 Å². The van der Waals surface area contributed by atoms with Gasteiger partial charge in [-0.25, -0.2) is 0 Å². The van der Waals surface area contributed by atoms with Crippen LogP contribution >= 0.6 is 15.9 Å². The third-order valence-corrected chi connectivity index (χ3v) is 3.71. The molecule has 2 amide bonds. The second-order valence-electron chi connectivity index (χ2n) is 5.25. The standard InChI is InChI=1S/C18H14BrF3N2O2/c19-14-3-1-2-12(10-14)6-9-16(25)23-11-13-4-7-15(8-5-13)24-17(26)18(20,21)22/h1-10H,11H2,(H,23,25)(H,24,26)/b9-6+. The summed E-state index contributed by atoms with van der Waals surface area (Å²) in [5, 5.41) is 4.41. The Kier molecular flexibility index (Phi) is 6.57. The lowest BCUT2D eigenvalue weighted by Crippen LogP contribution is -2.29. The van der Waals surface area contributed by atoms with Crippen LogP contribution in [0.4, 0.5) is 18.9 Å². The van der Waals surface area contributed by atoms with Gasteiger partial charge >= 0.3 is 12.1 Å². The highest BCUT2D eigenvalue weighted by molar-refractivity contribution is 9.10. The van der Waals surface area contributed by atoms with Crippen LogP contribution in [0, 0.1) is 0 Å². The Morgan fingerprint density at radius 3 is 2.38 bits per heavy atom. The van der Waals surface area contributed by atoms with Crippen LogP contribution in [0.1, 0.15) is 11.1 Å². The zero-order valence-corrected chi connectivity index (χ0v) is 14.9. The number of benzene rings is 2. The van der Waals surface area contributed by atoms with Crippen molar-refractivity contribution in [1.29, 1.82) is 0 Å². The molecule has 0 heterocycles. The molecule has 0 radical (unpaired) electrons. The largest absolute Gasteiger partial charge is 0.471 e. The average Bonchev–Trinajstić information content (AvgIpc) is 2.58. The number of carbonyl (C=O) groups is 2. The molecule has 2 N–H and O–H groups in total. The van der Waals surface area contributed by atoms with Gasteiger partial charge in [-0.3, -0.25) is 9.59 Å². The summed E-state index contributed by atoms with van der Waals surface area (Å²) in [5.41, 5.74) is 1.57. The van der Waals surface area contributed by atoms with Crippen molar-refractivity contribution in [1.82, 2.24) is 5.32 Å². The lowest BCUT2D eigenvalue weighted by molar-refractivity contribution is -0.167. The first-order valence-corrected chi connectivity index (χ1v) is 8.22. The Bertz CT molecular complexity index is 818. The van der Waals surface area contributed by atoms with Crippen LogP contribution in [0.2, 0.25) is 0 Å². The topological polar surface area (TPSA) is 58.2 Å². The molecule has 2 aromatic carbocycles. The monoisotopic (exact) mass is 426 g/mol. The molecule has 0 fully saturated rings. The molecular weight excluding hydrogens is 413 g/mol. The Morgan fingerprint density at radius 2 is 1.77 bits per heavy atom. The van der Waals surface area contributed by atoms with E-state index in [0.29, 0.717) is 5.56 Å². The van der Waals surface area contributed by atoms with Gasteiger partial charge in [0.2, 0.25) is 5.91 Å². The molecule has 0 aliphatic carbocycles. The van der Waals surface area contributed by atoms with E-state index in [2.05, 4.69) is 21.2 Å². The fraction of sp³-hybridized carbons (Fsp3) is 0.111. The number of hydrogen-bond donors (Lipinski definition) is 2. The molecule has 0 saturated carbocycles. The Morgan fingerprint density at radius 1 is 1.08 bits per heavy atom. The van der Waals surface area contributed by atoms with Crippen LogP contribution in [-0.2, 0) is 16.1 Å². The molecule has 0 spiro atoms. The quantitative estimate of drug-likeness (QED) is 0.701. The fourth-order valence-corrected chi connectivity index (χ4v) is 2.36. The van der Waals surface area contributed by atoms with Crippen molar-refractivity contribution in [2.75, 3.05) is 5.32 Å². The molecular formula is C18H14BrF3N2O2. The molecule has 0 aliphatic rings. The molecule has 2 aromatic rings. The minimum atomic E-state index is -4.94. The number of hydrogen-bond acceptors (Lipinski definition) is 2. The van der Waals surface area contributed by atoms with Crippen LogP contribution in [0.5, 0.6) is 0 Å². The van der Waals surface area contributed by atoms with E-state index in [1.54, 1.807) is 11.4 Å². The van der Waals surface area contributed by atoms with Gasteiger partial charge in [-0.1, -0.05) is 40.2 Å². The zero-order valence-electron chi connectivity index (χ0n) is 13.3. The minimum Gasteiger partial charge on any atom is -0.348 e. The van der Waals surface area contributed by atoms with Crippen LogP contribution in [0.3, 0.4) is 0 Å². The van der Waals surface area contributed by atoms with E-state index in [4.69, 9.17) is 0 Å². The molecule has 4 nitrogen and oxygen atoms in total. The summed E-state index contributed by atoms with van der Waals surface area (Å²) in [6.45, 7) is 0.204. The summed E-state index contributed by atoms with van der Waals surface area (Å²) in [4.78, 5) is 22.6. The highest BCUT2D eigenvalue weighted by Gasteiger charge is 2.38. The molecule has 2 rings (SSSR count). The second kappa shape index (κ2) is 8.66. The molecule has 8 heteroatoms. The van der Waals surface area contributed by atoms with E-state index in [-0.39, 0.29) is 18.1 Å². The first kappa shape index (κ1) is 19.7. The van der Waals surface area contributed by atoms with E-state index in [1.165, 1.54) is 30.3 Å². The number of alkyl halides is 3. The van der Waals surface area contributed by atoms with E-state index < -0.39 is 12.1 Å². The summed E-state index contributed by atoms with van der Waals surface area (Å²) in [5.74, 6) is -2.34. The minimum absolute atomic E-state index is 0.0250. The Labute approximate surface area is 156 Å². The van der Waals surface area contributed by atoms with Gasteiger partial charge in [0.1, 0.15) is 0 Å². The number of nitrogens with one attached hydrogen (secondary N) is 2. The van der Waals surface area contributed by atoms with E-state index in [9.17, 15) is 22.8 Å². The Balaban J connectivity index is 1.85. The fourth-order valence-electron chi connectivity index (χ4n) is 1.94. The van der Waals surface area contributed by atoms with Gasteiger partial charge in [0.25, 0.3) is 0 Å². The summed E-state index contributed by atoms with van der Waals surface area (Å²) in [6.07, 6.45) is -1.89. The van der Waals surface area contributed by atoms with E-state index in [1.807, 2.05) is 24.3 Å². The molecule has 0 atom stereocenters. The number of anilines is 1. The van der Waals surface area contributed by atoms with Gasteiger partial charge in [-0.05, 0) is 41.5 Å². The summed E-state index contributed by atoms with van der Waals surface area (Å²) in [7, 11) is 0. The molecule has 136 valence electrons. The molecule has 0 aliphatic heterocycles. The van der Waals surface area contributed by atoms with E-state index in [0.717, 1.165) is 10.0 Å². The second-order valence-corrected chi connectivity index (χ2v) is 6.17. The molecule has 0 unspecified atom stereocenters. The van der Waals surface area contributed by atoms with Crippen molar-refractivity contribution in [2.24, 2.45) is 0 Å². The predicted molar refractivity (Wildman–Crippen MR) is 96.1 cm³/mol. The van der Waals surface area contributed by atoms with Crippen molar-refractivity contribution >= 4 is 39.5 Å². The molecule has 0 bridgehead atoms. The van der Waals surface area contributed by atoms with Gasteiger partial charge in [0.05, 0.1) is 0 Å². The van der Waals surface area contributed by atoms with E-state index >= 15 is 0 Å². The maximum Gasteiger partial charge on any atom is 0.471 e. The van der Waals surface area contributed by atoms with Crippen LogP contribution in [0.25, 0.3) is 6.08 Å². The van der Waals surface area contributed by atoms with Crippen molar-refractivity contribution < 1.29 is 22.8 Å².